The number of carboxylic acids is 1. The minimum atomic E-state index is -0.832. The molecule has 1 spiro atoms. The summed E-state index contributed by atoms with van der Waals surface area (Å²) in [7, 11) is 0. The standard InChI is InChI=1S/C44H49ClN4O6/c1-29-33(8-5-9-35(29)36-10-6-12-39(30(36)2)53-17-7-15-48-25-42(50)44(28-48)13-14-44)27-55-41-20-40(54-26-32-18-31(21-46)22-47-23-32)34(19-37(41)45)24-49-16-4-3-11-38(49)43(51)52/h5-6,8-10,12,18-20,22-23,38,42,50H,3-4,7,11,13-17,24-28H2,1-2H3,(H,51,52)/t38-,42?/m0/s1. The molecule has 0 bridgehead atoms. The Hall–Kier alpha value is -4.66. The second kappa shape index (κ2) is 17.0. The lowest BCUT2D eigenvalue weighted by atomic mass is 9.93. The number of carbonyl (C=O) groups is 1. The summed E-state index contributed by atoms with van der Waals surface area (Å²) in [5, 5.41) is 30.1. The van der Waals surface area contributed by atoms with Crippen LogP contribution >= 0.6 is 11.6 Å². The van der Waals surface area contributed by atoms with Gasteiger partial charge in [0, 0.05) is 61.2 Å². The first-order valence-corrected chi connectivity index (χ1v) is 19.6. The number of hydrogen-bond acceptors (Lipinski definition) is 9. The van der Waals surface area contributed by atoms with Crippen LogP contribution in [0.15, 0.2) is 67.0 Å². The first-order valence-electron chi connectivity index (χ1n) is 19.2. The van der Waals surface area contributed by atoms with Crippen molar-refractivity contribution in [3.63, 3.8) is 0 Å². The highest BCUT2D eigenvalue weighted by atomic mass is 35.5. The van der Waals surface area contributed by atoms with Crippen molar-refractivity contribution in [3.8, 4) is 34.4 Å². The fourth-order valence-corrected chi connectivity index (χ4v) is 8.35. The van der Waals surface area contributed by atoms with E-state index < -0.39 is 12.0 Å². The van der Waals surface area contributed by atoms with Crippen LogP contribution in [0.25, 0.3) is 11.1 Å². The number of carboxylic acid groups (broad SMARTS) is 1. The molecule has 288 valence electrons. The molecule has 3 aromatic carbocycles. The lowest BCUT2D eigenvalue weighted by Crippen LogP contribution is -2.44. The molecule has 1 aromatic heterocycles. The van der Waals surface area contributed by atoms with Crippen LogP contribution in [0, 0.1) is 30.6 Å². The van der Waals surface area contributed by atoms with Crippen LogP contribution in [0.5, 0.6) is 17.2 Å². The molecule has 3 fully saturated rings. The summed E-state index contributed by atoms with van der Waals surface area (Å²) >= 11 is 6.87. The Morgan fingerprint density at radius 1 is 0.964 bits per heavy atom. The van der Waals surface area contributed by atoms with Crippen molar-refractivity contribution < 1.29 is 29.2 Å². The van der Waals surface area contributed by atoms with Gasteiger partial charge in [-0.3, -0.25) is 19.6 Å². The van der Waals surface area contributed by atoms with Gasteiger partial charge in [-0.2, -0.15) is 5.26 Å². The van der Waals surface area contributed by atoms with E-state index in [2.05, 4.69) is 41.9 Å². The number of pyridine rings is 1. The zero-order chi connectivity index (χ0) is 38.5. The van der Waals surface area contributed by atoms with Crippen LogP contribution in [0.1, 0.15) is 71.9 Å². The van der Waals surface area contributed by atoms with Crippen LogP contribution in [-0.4, -0.2) is 75.9 Å². The molecule has 3 heterocycles. The Morgan fingerprint density at radius 2 is 1.75 bits per heavy atom. The van der Waals surface area contributed by atoms with Gasteiger partial charge in [0.2, 0.25) is 0 Å². The number of aliphatic hydroxyl groups is 1. The number of rotatable bonds is 15. The Bertz CT molecular complexity index is 2060. The summed E-state index contributed by atoms with van der Waals surface area (Å²) in [5.74, 6) is 1.01. The third kappa shape index (κ3) is 8.92. The lowest BCUT2D eigenvalue weighted by molar-refractivity contribution is -0.144. The average molecular weight is 765 g/mol. The van der Waals surface area contributed by atoms with Gasteiger partial charge in [-0.1, -0.05) is 48.4 Å². The van der Waals surface area contributed by atoms with Crippen molar-refractivity contribution in [1.29, 1.82) is 5.26 Å². The van der Waals surface area contributed by atoms with E-state index in [0.717, 1.165) is 96.4 Å². The molecule has 1 aliphatic carbocycles. The second-order valence-electron chi connectivity index (χ2n) is 15.3. The number of β-amino-alcohol motifs (C(OH)–C–C–N with tert-alkyl or cyclic N) is 1. The molecule has 2 N–H and O–H groups in total. The molecule has 2 aliphatic heterocycles. The summed E-state index contributed by atoms with van der Waals surface area (Å²) in [5.41, 5.74) is 7.46. The normalized spacial score (nSPS) is 19.3. The van der Waals surface area contributed by atoms with Crippen molar-refractivity contribution in [2.45, 2.75) is 84.3 Å². The number of nitriles is 1. The predicted octanol–water partition coefficient (Wildman–Crippen LogP) is 7.71. The highest BCUT2D eigenvalue weighted by Crippen LogP contribution is 2.52. The van der Waals surface area contributed by atoms with Crippen LogP contribution < -0.4 is 14.2 Å². The van der Waals surface area contributed by atoms with Gasteiger partial charge in [-0.15, -0.1) is 0 Å². The molecule has 4 aromatic rings. The maximum Gasteiger partial charge on any atom is 0.320 e. The number of aliphatic hydroxyl groups excluding tert-OH is 1. The van der Waals surface area contributed by atoms with Crippen LogP contribution in [-0.2, 0) is 24.6 Å². The molecule has 0 radical (unpaired) electrons. The van der Waals surface area contributed by atoms with E-state index in [0.29, 0.717) is 48.2 Å². The molecule has 3 aliphatic rings. The minimum Gasteiger partial charge on any atom is -0.493 e. The number of aliphatic carboxylic acids is 1. The van der Waals surface area contributed by atoms with E-state index in [9.17, 15) is 20.3 Å². The maximum atomic E-state index is 12.1. The van der Waals surface area contributed by atoms with Gasteiger partial charge in [0.25, 0.3) is 0 Å². The van der Waals surface area contributed by atoms with Gasteiger partial charge >= 0.3 is 5.97 Å². The maximum absolute atomic E-state index is 12.1. The second-order valence-corrected chi connectivity index (χ2v) is 15.7. The smallest absolute Gasteiger partial charge is 0.320 e. The highest BCUT2D eigenvalue weighted by Gasteiger charge is 2.54. The summed E-state index contributed by atoms with van der Waals surface area (Å²) < 4.78 is 19.0. The fourth-order valence-electron chi connectivity index (χ4n) is 8.11. The number of piperidine rings is 1. The fraction of sp³-hybridized carbons (Fsp3) is 0.432. The molecule has 0 amide bonds. The third-order valence-corrected chi connectivity index (χ3v) is 11.8. The third-order valence-electron chi connectivity index (χ3n) is 11.6. The molecule has 1 unspecified atom stereocenters. The summed E-state index contributed by atoms with van der Waals surface area (Å²) in [6.45, 7) is 8.94. The molecular weight excluding hydrogens is 716 g/mol. The molecule has 2 saturated heterocycles. The SMILES string of the molecule is Cc1c(COc2cc(OCc3cncc(C#N)c3)c(CN3CCCC[C@H]3C(=O)O)cc2Cl)cccc1-c1cccc(OCCCN2CC(O)C3(CC3)C2)c1C. The highest BCUT2D eigenvalue weighted by molar-refractivity contribution is 6.32. The van der Waals surface area contributed by atoms with Crippen LogP contribution in [0.4, 0.5) is 0 Å². The van der Waals surface area contributed by atoms with Gasteiger partial charge in [-0.25, -0.2) is 0 Å². The van der Waals surface area contributed by atoms with E-state index in [1.54, 1.807) is 24.4 Å². The Morgan fingerprint density at radius 3 is 2.51 bits per heavy atom. The molecule has 2 atom stereocenters. The van der Waals surface area contributed by atoms with Gasteiger partial charge in [-0.05, 0) is 98.5 Å². The molecule has 7 rings (SSSR count). The van der Waals surface area contributed by atoms with E-state index in [1.807, 2.05) is 29.2 Å². The number of halogens is 1. The Balaban J connectivity index is 1.05. The topological polar surface area (TPSA) is 128 Å². The average Bonchev–Trinajstić information content (AvgIpc) is 3.90. The van der Waals surface area contributed by atoms with Crippen molar-refractivity contribution in [1.82, 2.24) is 14.8 Å². The van der Waals surface area contributed by atoms with E-state index in [4.69, 9.17) is 25.8 Å². The number of aromatic nitrogens is 1. The monoisotopic (exact) mass is 764 g/mol. The Labute approximate surface area is 328 Å². The molecule has 10 nitrogen and oxygen atoms in total. The lowest BCUT2D eigenvalue weighted by Gasteiger charge is -2.33. The molecule has 55 heavy (non-hydrogen) atoms. The Kier molecular flexibility index (Phi) is 11.9. The van der Waals surface area contributed by atoms with Crippen molar-refractivity contribution in [3.05, 3.63) is 105 Å². The quantitative estimate of drug-likeness (QED) is 0.116. The number of hydrogen-bond donors (Lipinski definition) is 2. The first kappa shape index (κ1) is 38.6. The van der Waals surface area contributed by atoms with Gasteiger partial charge < -0.3 is 24.4 Å². The molecule has 1 saturated carbocycles. The van der Waals surface area contributed by atoms with Crippen molar-refractivity contribution >= 4 is 17.6 Å². The minimum absolute atomic E-state index is 0.158. The first-order chi connectivity index (χ1) is 26.6. The molecular formula is C44H49ClN4O6. The predicted molar refractivity (Wildman–Crippen MR) is 210 cm³/mol. The van der Waals surface area contributed by atoms with Gasteiger partial charge in [0.15, 0.2) is 0 Å². The van der Waals surface area contributed by atoms with E-state index in [-0.39, 0.29) is 24.7 Å². The number of likely N-dealkylation sites (tertiary alicyclic amines) is 2. The largest absolute Gasteiger partial charge is 0.493 e. The number of nitrogens with zero attached hydrogens (tertiary/aromatic N) is 4. The van der Waals surface area contributed by atoms with E-state index >= 15 is 0 Å². The number of ether oxygens (including phenoxy) is 3. The van der Waals surface area contributed by atoms with Crippen molar-refractivity contribution in [2.75, 3.05) is 32.8 Å². The van der Waals surface area contributed by atoms with E-state index in [1.165, 1.54) is 6.20 Å². The number of benzene rings is 3. The zero-order valence-corrected chi connectivity index (χ0v) is 32.4. The summed E-state index contributed by atoms with van der Waals surface area (Å²) in [6.07, 6.45) is 8.55. The molecule has 11 heteroatoms. The van der Waals surface area contributed by atoms with Crippen molar-refractivity contribution in [2.24, 2.45) is 5.41 Å². The summed E-state index contributed by atoms with van der Waals surface area (Å²) in [6, 6.07) is 19.2. The zero-order valence-electron chi connectivity index (χ0n) is 31.6. The van der Waals surface area contributed by atoms with Gasteiger partial charge in [0.1, 0.15) is 42.6 Å². The van der Waals surface area contributed by atoms with Crippen LogP contribution in [0.3, 0.4) is 0 Å². The van der Waals surface area contributed by atoms with Crippen LogP contribution in [0.2, 0.25) is 5.02 Å². The van der Waals surface area contributed by atoms with Gasteiger partial charge in [0.05, 0.1) is 23.3 Å². The summed E-state index contributed by atoms with van der Waals surface area (Å²) in [4.78, 5) is 20.6.